The van der Waals surface area contributed by atoms with E-state index < -0.39 is 0 Å². The second-order valence-corrected chi connectivity index (χ2v) is 5.08. The monoisotopic (exact) mass is 279 g/mol. The molecular formula is C16H17N5. The number of benzene rings is 1. The lowest BCUT2D eigenvalue weighted by Gasteiger charge is -2.06. The van der Waals surface area contributed by atoms with Gasteiger partial charge in [-0.25, -0.2) is 0 Å². The SMILES string of the molecule is Cc1cc(-c2nn(C)c(N)c2-c2ccccc2)c(C)nn1. The van der Waals surface area contributed by atoms with Crippen LogP contribution in [-0.2, 0) is 7.05 Å². The molecule has 5 heteroatoms. The summed E-state index contributed by atoms with van der Waals surface area (Å²) in [6.07, 6.45) is 0. The Morgan fingerprint density at radius 1 is 1.05 bits per heavy atom. The van der Waals surface area contributed by atoms with Crippen LogP contribution in [0, 0.1) is 13.8 Å². The van der Waals surface area contributed by atoms with Crippen LogP contribution < -0.4 is 5.73 Å². The highest BCUT2D eigenvalue weighted by Gasteiger charge is 2.19. The highest BCUT2D eigenvalue weighted by Crippen LogP contribution is 2.36. The lowest BCUT2D eigenvalue weighted by atomic mass is 10.00. The Kier molecular flexibility index (Phi) is 3.17. The maximum absolute atomic E-state index is 6.23. The predicted octanol–water partition coefficient (Wildman–Crippen LogP) is 2.74. The van der Waals surface area contributed by atoms with Gasteiger partial charge in [-0.3, -0.25) is 4.68 Å². The molecule has 0 aliphatic carbocycles. The van der Waals surface area contributed by atoms with E-state index in [1.165, 1.54) is 0 Å². The molecule has 0 bridgehead atoms. The summed E-state index contributed by atoms with van der Waals surface area (Å²) in [5.74, 6) is 0.644. The van der Waals surface area contributed by atoms with E-state index >= 15 is 0 Å². The quantitative estimate of drug-likeness (QED) is 0.783. The molecule has 0 radical (unpaired) electrons. The average Bonchev–Trinajstić information content (AvgIpc) is 2.78. The van der Waals surface area contributed by atoms with Crippen molar-refractivity contribution in [2.75, 3.05) is 5.73 Å². The van der Waals surface area contributed by atoms with Crippen molar-refractivity contribution in [3.05, 3.63) is 47.8 Å². The number of aromatic nitrogens is 4. The van der Waals surface area contributed by atoms with Crippen molar-refractivity contribution in [2.24, 2.45) is 7.05 Å². The van der Waals surface area contributed by atoms with Crippen LogP contribution in [0.25, 0.3) is 22.4 Å². The van der Waals surface area contributed by atoms with Crippen molar-refractivity contribution in [1.29, 1.82) is 0 Å². The van der Waals surface area contributed by atoms with Crippen molar-refractivity contribution < 1.29 is 0 Å². The molecule has 2 heterocycles. The Balaban J connectivity index is 2.29. The largest absolute Gasteiger partial charge is 0.383 e. The Labute approximate surface area is 123 Å². The first-order valence-corrected chi connectivity index (χ1v) is 6.77. The summed E-state index contributed by atoms with van der Waals surface area (Å²) in [5.41, 5.74) is 11.7. The van der Waals surface area contributed by atoms with Crippen LogP contribution in [0.15, 0.2) is 36.4 Å². The Bertz CT molecular complexity index is 790. The highest BCUT2D eigenvalue weighted by atomic mass is 15.3. The van der Waals surface area contributed by atoms with Gasteiger partial charge >= 0.3 is 0 Å². The molecule has 1 aromatic carbocycles. The van der Waals surface area contributed by atoms with Crippen LogP contribution >= 0.6 is 0 Å². The molecule has 3 aromatic rings. The van der Waals surface area contributed by atoms with Crippen LogP contribution in [-0.4, -0.2) is 20.0 Å². The summed E-state index contributed by atoms with van der Waals surface area (Å²) in [6, 6.07) is 12.0. The van der Waals surface area contributed by atoms with Gasteiger partial charge in [0.15, 0.2) is 0 Å². The average molecular weight is 279 g/mol. The van der Waals surface area contributed by atoms with E-state index in [-0.39, 0.29) is 0 Å². The van der Waals surface area contributed by atoms with Gasteiger partial charge in [-0.15, -0.1) is 0 Å². The second-order valence-electron chi connectivity index (χ2n) is 5.08. The van der Waals surface area contributed by atoms with Gasteiger partial charge in [0.05, 0.1) is 17.0 Å². The second kappa shape index (κ2) is 5.01. The molecule has 0 fully saturated rings. The summed E-state index contributed by atoms with van der Waals surface area (Å²) in [5, 5.41) is 12.9. The van der Waals surface area contributed by atoms with Crippen LogP contribution in [0.2, 0.25) is 0 Å². The van der Waals surface area contributed by atoms with Gasteiger partial charge in [0.1, 0.15) is 11.5 Å². The van der Waals surface area contributed by atoms with Gasteiger partial charge in [-0.1, -0.05) is 30.3 Å². The molecule has 0 aliphatic heterocycles. The van der Waals surface area contributed by atoms with E-state index in [1.54, 1.807) is 4.68 Å². The lowest BCUT2D eigenvalue weighted by Crippen LogP contribution is -1.98. The zero-order valence-corrected chi connectivity index (χ0v) is 12.3. The van der Waals surface area contributed by atoms with Gasteiger partial charge in [0.2, 0.25) is 0 Å². The van der Waals surface area contributed by atoms with Gasteiger partial charge in [-0.05, 0) is 25.5 Å². The minimum atomic E-state index is 0.644. The third-order valence-corrected chi connectivity index (χ3v) is 3.51. The van der Waals surface area contributed by atoms with Crippen molar-refractivity contribution in [1.82, 2.24) is 20.0 Å². The molecule has 2 N–H and O–H groups in total. The lowest BCUT2D eigenvalue weighted by molar-refractivity contribution is 0.781. The fourth-order valence-electron chi connectivity index (χ4n) is 2.40. The van der Waals surface area contributed by atoms with Crippen molar-refractivity contribution in [3.8, 4) is 22.4 Å². The van der Waals surface area contributed by atoms with Crippen LogP contribution in [0.3, 0.4) is 0 Å². The normalized spacial score (nSPS) is 10.8. The van der Waals surface area contributed by atoms with Gasteiger partial charge < -0.3 is 5.73 Å². The van der Waals surface area contributed by atoms with E-state index in [2.05, 4.69) is 15.3 Å². The molecule has 0 unspecified atom stereocenters. The highest BCUT2D eigenvalue weighted by molar-refractivity contribution is 5.88. The number of rotatable bonds is 2. The first-order chi connectivity index (χ1) is 10.1. The van der Waals surface area contributed by atoms with E-state index in [4.69, 9.17) is 5.73 Å². The van der Waals surface area contributed by atoms with Crippen LogP contribution in [0.1, 0.15) is 11.4 Å². The molecule has 0 amide bonds. The molecule has 21 heavy (non-hydrogen) atoms. The van der Waals surface area contributed by atoms with Gasteiger partial charge in [-0.2, -0.15) is 15.3 Å². The van der Waals surface area contributed by atoms with Gasteiger partial charge in [0.25, 0.3) is 0 Å². The number of aryl methyl sites for hydroxylation is 3. The molecule has 0 saturated carbocycles. The zero-order valence-electron chi connectivity index (χ0n) is 12.3. The maximum Gasteiger partial charge on any atom is 0.129 e. The minimum Gasteiger partial charge on any atom is -0.383 e. The third kappa shape index (κ3) is 2.27. The standard InChI is InChI=1S/C16H17N5/c1-10-9-13(11(2)19-18-10)15-14(16(17)21(3)20-15)12-7-5-4-6-8-12/h4-9H,17H2,1-3H3. The summed E-state index contributed by atoms with van der Waals surface area (Å²) in [7, 11) is 1.85. The fraction of sp³-hybridized carbons (Fsp3) is 0.188. The van der Waals surface area contributed by atoms with Crippen molar-refractivity contribution in [2.45, 2.75) is 13.8 Å². The molecule has 0 saturated heterocycles. The number of hydrogen-bond acceptors (Lipinski definition) is 4. The van der Waals surface area contributed by atoms with E-state index in [0.29, 0.717) is 5.82 Å². The predicted molar refractivity (Wildman–Crippen MR) is 83.6 cm³/mol. The van der Waals surface area contributed by atoms with Crippen LogP contribution in [0.5, 0.6) is 0 Å². The van der Waals surface area contributed by atoms with E-state index in [9.17, 15) is 0 Å². The summed E-state index contributed by atoms with van der Waals surface area (Å²) >= 11 is 0. The molecular weight excluding hydrogens is 262 g/mol. The van der Waals surface area contributed by atoms with Crippen LogP contribution in [0.4, 0.5) is 5.82 Å². The number of nitrogen functional groups attached to an aromatic ring is 1. The Morgan fingerprint density at radius 2 is 1.76 bits per heavy atom. The van der Waals surface area contributed by atoms with E-state index in [0.717, 1.165) is 33.8 Å². The molecule has 3 rings (SSSR count). The summed E-state index contributed by atoms with van der Waals surface area (Å²) in [4.78, 5) is 0. The fourth-order valence-corrected chi connectivity index (χ4v) is 2.40. The molecule has 0 aliphatic rings. The maximum atomic E-state index is 6.23. The first-order valence-electron chi connectivity index (χ1n) is 6.77. The summed E-state index contributed by atoms with van der Waals surface area (Å²) < 4.78 is 1.70. The number of anilines is 1. The van der Waals surface area contributed by atoms with Crippen molar-refractivity contribution >= 4 is 5.82 Å². The first kappa shape index (κ1) is 13.3. The molecule has 0 spiro atoms. The van der Waals surface area contributed by atoms with Gasteiger partial charge in [0, 0.05) is 12.6 Å². The topological polar surface area (TPSA) is 69.6 Å². The third-order valence-electron chi connectivity index (χ3n) is 3.51. The zero-order chi connectivity index (χ0) is 15.0. The minimum absolute atomic E-state index is 0.644. The Morgan fingerprint density at radius 3 is 2.48 bits per heavy atom. The number of nitrogens with two attached hydrogens (primary N) is 1. The smallest absolute Gasteiger partial charge is 0.129 e. The molecule has 106 valence electrons. The van der Waals surface area contributed by atoms with E-state index in [1.807, 2.05) is 57.3 Å². The Hall–Kier alpha value is -2.69. The van der Waals surface area contributed by atoms with Crippen molar-refractivity contribution in [3.63, 3.8) is 0 Å². The molecule has 0 atom stereocenters. The number of nitrogens with zero attached hydrogens (tertiary/aromatic N) is 4. The molecule has 5 nitrogen and oxygen atoms in total. The molecule has 2 aromatic heterocycles. The summed E-state index contributed by atoms with van der Waals surface area (Å²) in [6.45, 7) is 3.85. The number of hydrogen-bond donors (Lipinski definition) is 1.